The van der Waals surface area contributed by atoms with Gasteiger partial charge in [0, 0.05) is 24.9 Å². The summed E-state index contributed by atoms with van der Waals surface area (Å²) >= 11 is 1.84. The molecule has 0 amide bonds. The van der Waals surface area contributed by atoms with Crippen LogP contribution >= 0.6 is 11.3 Å². The lowest BCUT2D eigenvalue weighted by Crippen LogP contribution is -2.19. The van der Waals surface area contributed by atoms with Gasteiger partial charge in [-0.15, -0.1) is 21.5 Å². The van der Waals surface area contributed by atoms with E-state index in [1.54, 1.807) is 0 Å². The Morgan fingerprint density at radius 3 is 2.69 bits per heavy atom. The largest absolute Gasteiger partial charge is 0.314 e. The Morgan fingerprint density at radius 2 is 1.94 bits per heavy atom. The summed E-state index contributed by atoms with van der Waals surface area (Å²) in [5.41, 5.74) is 0. The van der Waals surface area contributed by atoms with Crippen molar-refractivity contribution in [2.45, 2.75) is 56.9 Å². The van der Waals surface area contributed by atoms with Crippen LogP contribution in [0.2, 0.25) is 0 Å². The van der Waals surface area contributed by atoms with Crippen LogP contribution in [0.25, 0.3) is 0 Å². The minimum atomic E-state index is 0.725. The maximum absolute atomic E-state index is 4.35. The normalized spacial score (nSPS) is 21.8. The van der Waals surface area contributed by atoms with Gasteiger partial charge >= 0.3 is 0 Å². The maximum atomic E-state index is 4.35. The molecule has 2 fully saturated rings. The van der Waals surface area contributed by atoms with Gasteiger partial charge in [0.2, 0.25) is 0 Å². The van der Waals surface area contributed by atoms with Gasteiger partial charge in [-0.05, 0) is 25.7 Å². The second-order valence-electron chi connectivity index (χ2n) is 4.99. The van der Waals surface area contributed by atoms with Crippen molar-refractivity contribution in [3.63, 3.8) is 0 Å². The molecule has 0 radical (unpaired) electrons. The summed E-state index contributed by atoms with van der Waals surface area (Å²) in [5, 5.41) is 14.7. The molecule has 0 saturated heterocycles. The molecule has 2 saturated carbocycles. The molecule has 0 aromatic carbocycles. The summed E-state index contributed by atoms with van der Waals surface area (Å²) in [6.07, 6.45) is 9.20. The monoisotopic (exact) mass is 237 g/mol. The standard InChI is InChI=1S/C12H19N3S/c1-2-4-9(3-1)12-15-14-11(16-12)7-8-13-10-5-6-10/h9-10,13H,1-8H2. The molecule has 0 unspecified atom stereocenters. The lowest BCUT2D eigenvalue weighted by Gasteiger charge is -2.01. The van der Waals surface area contributed by atoms with E-state index >= 15 is 0 Å². The van der Waals surface area contributed by atoms with Gasteiger partial charge in [0.05, 0.1) is 0 Å². The van der Waals surface area contributed by atoms with Gasteiger partial charge in [0.1, 0.15) is 10.0 Å². The van der Waals surface area contributed by atoms with Gasteiger partial charge in [0.25, 0.3) is 0 Å². The van der Waals surface area contributed by atoms with E-state index < -0.39 is 0 Å². The zero-order valence-corrected chi connectivity index (χ0v) is 10.4. The molecule has 1 N–H and O–H groups in total. The predicted molar refractivity (Wildman–Crippen MR) is 65.8 cm³/mol. The molecule has 88 valence electrons. The summed E-state index contributed by atoms with van der Waals surface area (Å²) in [6, 6.07) is 0.808. The van der Waals surface area contributed by atoms with Crippen molar-refractivity contribution in [2.24, 2.45) is 0 Å². The minimum absolute atomic E-state index is 0.725. The third-order valence-corrected chi connectivity index (χ3v) is 4.68. The van der Waals surface area contributed by atoms with Gasteiger partial charge in [-0.1, -0.05) is 12.8 Å². The minimum Gasteiger partial charge on any atom is -0.314 e. The fourth-order valence-electron chi connectivity index (χ4n) is 2.38. The van der Waals surface area contributed by atoms with E-state index in [1.165, 1.54) is 48.5 Å². The van der Waals surface area contributed by atoms with Crippen LogP contribution in [-0.2, 0) is 6.42 Å². The van der Waals surface area contributed by atoms with Crippen LogP contribution < -0.4 is 5.32 Å². The number of rotatable bonds is 5. The SMILES string of the molecule is C1CCC(c2nnc(CCNC3CC3)s2)C1. The highest BCUT2D eigenvalue weighted by molar-refractivity contribution is 7.11. The summed E-state index contributed by atoms with van der Waals surface area (Å²) < 4.78 is 0. The molecule has 3 rings (SSSR count). The average molecular weight is 237 g/mol. The van der Waals surface area contributed by atoms with Gasteiger partial charge in [-0.25, -0.2) is 0 Å². The highest BCUT2D eigenvalue weighted by Gasteiger charge is 2.22. The first kappa shape index (κ1) is 10.7. The second-order valence-corrected chi connectivity index (χ2v) is 6.09. The Morgan fingerprint density at radius 1 is 1.12 bits per heavy atom. The van der Waals surface area contributed by atoms with Crippen molar-refractivity contribution in [1.82, 2.24) is 15.5 Å². The van der Waals surface area contributed by atoms with E-state index in [4.69, 9.17) is 0 Å². The molecule has 16 heavy (non-hydrogen) atoms. The van der Waals surface area contributed by atoms with Gasteiger partial charge in [-0.3, -0.25) is 0 Å². The molecule has 2 aliphatic rings. The maximum Gasteiger partial charge on any atom is 0.120 e. The molecule has 2 aliphatic carbocycles. The van der Waals surface area contributed by atoms with E-state index in [-0.39, 0.29) is 0 Å². The van der Waals surface area contributed by atoms with Crippen molar-refractivity contribution in [3.05, 3.63) is 10.0 Å². The summed E-state index contributed by atoms with van der Waals surface area (Å²) in [5.74, 6) is 0.725. The van der Waals surface area contributed by atoms with E-state index in [2.05, 4.69) is 15.5 Å². The Labute approximate surface area is 101 Å². The zero-order valence-electron chi connectivity index (χ0n) is 9.61. The third-order valence-electron chi connectivity index (χ3n) is 3.54. The highest BCUT2D eigenvalue weighted by Crippen LogP contribution is 2.35. The number of nitrogens with one attached hydrogen (secondary N) is 1. The molecule has 0 atom stereocenters. The van der Waals surface area contributed by atoms with E-state index in [0.717, 1.165) is 24.9 Å². The topological polar surface area (TPSA) is 37.8 Å². The Balaban J connectivity index is 1.50. The first-order valence-electron chi connectivity index (χ1n) is 6.47. The molecule has 0 spiro atoms. The number of aromatic nitrogens is 2. The smallest absolute Gasteiger partial charge is 0.120 e. The first-order chi connectivity index (χ1) is 7.92. The molecule has 0 aliphatic heterocycles. The van der Waals surface area contributed by atoms with Crippen molar-refractivity contribution < 1.29 is 0 Å². The van der Waals surface area contributed by atoms with E-state index in [9.17, 15) is 0 Å². The predicted octanol–water partition coefficient (Wildman–Crippen LogP) is 2.49. The van der Waals surface area contributed by atoms with E-state index in [0.29, 0.717) is 0 Å². The Bertz CT molecular complexity index is 340. The molecule has 0 bridgehead atoms. The van der Waals surface area contributed by atoms with Crippen LogP contribution in [0.1, 0.15) is 54.5 Å². The second kappa shape index (κ2) is 4.80. The zero-order chi connectivity index (χ0) is 10.8. The fourth-order valence-corrected chi connectivity index (χ4v) is 3.39. The summed E-state index contributed by atoms with van der Waals surface area (Å²) in [6.45, 7) is 1.07. The van der Waals surface area contributed by atoms with Crippen molar-refractivity contribution in [3.8, 4) is 0 Å². The average Bonchev–Trinajstić information content (AvgIpc) is 2.83. The molecule has 4 heteroatoms. The van der Waals surface area contributed by atoms with Crippen molar-refractivity contribution in [1.29, 1.82) is 0 Å². The highest BCUT2D eigenvalue weighted by atomic mass is 32.1. The Kier molecular flexibility index (Phi) is 3.20. The van der Waals surface area contributed by atoms with Gasteiger partial charge in [-0.2, -0.15) is 0 Å². The summed E-state index contributed by atoms with van der Waals surface area (Å²) in [7, 11) is 0. The lowest BCUT2D eigenvalue weighted by molar-refractivity contribution is 0.674. The number of nitrogens with zero attached hydrogens (tertiary/aromatic N) is 2. The van der Waals surface area contributed by atoms with Crippen LogP contribution in [0, 0.1) is 0 Å². The summed E-state index contributed by atoms with van der Waals surface area (Å²) in [4.78, 5) is 0. The van der Waals surface area contributed by atoms with Gasteiger partial charge < -0.3 is 5.32 Å². The fraction of sp³-hybridized carbons (Fsp3) is 0.833. The molecular weight excluding hydrogens is 218 g/mol. The van der Waals surface area contributed by atoms with Crippen LogP contribution in [0.3, 0.4) is 0 Å². The molecular formula is C12H19N3S. The number of hydrogen-bond acceptors (Lipinski definition) is 4. The van der Waals surface area contributed by atoms with Gasteiger partial charge in [0.15, 0.2) is 0 Å². The van der Waals surface area contributed by atoms with E-state index in [1.807, 2.05) is 11.3 Å². The third kappa shape index (κ3) is 2.61. The first-order valence-corrected chi connectivity index (χ1v) is 7.29. The van der Waals surface area contributed by atoms with Crippen LogP contribution in [0.4, 0.5) is 0 Å². The van der Waals surface area contributed by atoms with Crippen LogP contribution in [0.5, 0.6) is 0 Å². The van der Waals surface area contributed by atoms with Crippen molar-refractivity contribution >= 4 is 11.3 Å². The quantitative estimate of drug-likeness (QED) is 0.855. The number of hydrogen-bond donors (Lipinski definition) is 1. The molecule has 3 nitrogen and oxygen atoms in total. The van der Waals surface area contributed by atoms with Crippen LogP contribution in [-0.4, -0.2) is 22.8 Å². The van der Waals surface area contributed by atoms with Crippen LogP contribution in [0.15, 0.2) is 0 Å². The molecule has 1 aromatic rings. The van der Waals surface area contributed by atoms with Crippen molar-refractivity contribution in [2.75, 3.05) is 6.54 Å². The lowest BCUT2D eigenvalue weighted by atomic mass is 10.1. The molecule has 1 aromatic heterocycles. The molecule has 1 heterocycles. The Hall–Kier alpha value is -0.480.